The van der Waals surface area contributed by atoms with Crippen LogP contribution in [0.5, 0.6) is 11.5 Å². The van der Waals surface area contributed by atoms with Crippen LogP contribution in [-0.4, -0.2) is 52.6 Å². The minimum atomic E-state index is -0.845. The van der Waals surface area contributed by atoms with Gasteiger partial charge in [-0.25, -0.2) is 18.6 Å². The van der Waals surface area contributed by atoms with Gasteiger partial charge in [0.05, 0.1) is 37.4 Å². The average molecular weight is 683 g/mol. The molecule has 1 fully saturated rings. The van der Waals surface area contributed by atoms with Crippen molar-refractivity contribution in [2.75, 3.05) is 24.9 Å². The third-order valence-electron chi connectivity index (χ3n) is 8.06. The molecule has 0 aliphatic heterocycles. The Morgan fingerprint density at radius 2 is 1.73 bits per heavy atom. The minimum absolute atomic E-state index is 0.00934. The van der Waals surface area contributed by atoms with Crippen molar-refractivity contribution in [3.63, 3.8) is 0 Å². The lowest BCUT2D eigenvalue weighted by Crippen LogP contribution is -2.33. The number of aromatic nitrogens is 3. The zero-order valence-corrected chi connectivity index (χ0v) is 28.6. The number of rotatable bonds is 10. The number of nitrogens with one attached hydrogen (secondary N) is 3. The molecule has 5 rings (SSSR count). The van der Waals surface area contributed by atoms with E-state index in [1.54, 1.807) is 45.9 Å². The first-order valence-corrected chi connectivity index (χ1v) is 16.4. The molecule has 2 aromatic heterocycles. The number of carbonyl (C=O) groups excluding carboxylic acids is 2. The standard InChI is InChI=1S/C34H40F2N6O5S/c1-34(2,3)47-33(44)41-32-28(40-31(48-32)27-23(35)8-7-9-24(27)36)30(43)39-25-18-38-42(4)29(25)19-10-13-21(14-11-19)37-17-20-12-15-22(45-5)16-26(20)46-6/h7-9,12,15-16,18-19,21,37H,10-11,13-14,17H2,1-6H3,(H,39,43)(H,41,44). The Morgan fingerprint density at radius 3 is 2.38 bits per heavy atom. The van der Waals surface area contributed by atoms with Gasteiger partial charge in [0.2, 0.25) is 0 Å². The summed E-state index contributed by atoms with van der Waals surface area (Å²) in [5.41, 5.74) is 0.972. The number of aryl methyl sites for hydroxylation is 1. The number of carbonyl (C=O) groups is 2. The zero-order valence-electron chi connectivity index (χ0n) is 27.8. The van der Waals surface area contributed by atoms with Crippen molar-refractivity contribution in [1.82, 2.24) is 20.1 Å². The van der Waals surface area contributed by atoms with Gasteiger partial charge in [0, 0.05) is 37.2 Å². The highest BCUT2D eigenvalue weighted by Crippen LogP contribution is 2.39. The van der Waals surface area contributed by atoms with E-state index in [1.165, 1.54) is 6.07 Å². The number of anilines is 2. The van der Waals surface area contributed by atoms with E-state index >= 15 is 0 Å². The third-order valence-corrected chi connectivity index (χ3v) is 9.04. The third kappa shape index (κ3) is 8.11. The molecule has 3 N–H and O–H groups in total. The summed E-state index contributed by atoms with van der Waals surface area (Å²) in [6.07, 6.45) is 4.28. The van der Waals surface area contributed by atoms with Crippen molar-refractivity contribution in [2.45, 2.75) is 70.6 Å². The molecule has 0 spiro atoms. The maximum Gasteiger partial charge on any atom is 0.412 e. The molecule has 256 valence electrons. The second kappa shape index (κ2) is 14.7. The molecule has 2 amide bonds. The lowest BCUT2D eigenvalue weighted by atomic mass is 9.83. The fourth-order valence-corrected chi connectivity index (χ4v) is 6.79. The molecule has 0 atom stereocenters. The van der Waals surface area contributed by atoms with Gasteiger partial charge in [-0.05, 0) is 64.7 Å². The fraction of sp³-hybridized carbons (Fsp3) is 0.412. The van der Waals surface area contributed by atoms with Gasteiger partial charge in [0.15, 0.2) is 5.69 Å². The number of thiazole rings is 1. The van der Waals surface area contributed by atoms with E-state index in [2.05, 4.69) is 26.0 Å². The molecular formula is C34H40F2N6O5S. The molecule has 0 bridgehead atoms. The molecule has 1 aliphatic rings. The molecule has 0 unspecified atom stereocenters. The van der Waals surface area contributed by atoms with Gasteiger partial charge in [-0.1, -0.05) is 23.5 Å². The highest BCUT2D eigenvalue weighted by molar-refractivity contribution is 7.19. The van der Waals surface area contributed by atoms with Gasteiger partial charge in [-0.15, -0.1) is 0 Å². The van der Waals surface area contributed by atoms with Crippen LogP contribution in [0.4, 0.5) is 24.3 Å². The van der Waals surface area contributed by atoms with Gasteiger partial charge >= 0.3 is 6.09 Å². The lowest BCUT2D eigenvalue weighted by molar-refractivity contribution is 0.0636. The number of hydrogen-bond acceptors (Lipinski definition) is 9. The van der Waals surface area contributed by atoms with Gasteiger partial charge in [0.1, 0.15) is 38.7 Å². The van der Waals surface area contributed by atoms with Crippen LogP contribution in [0, 0.1) is 11.6 Å². The molecule has 48 heavy (non-hydrogen) atoms. The number of methoxy groups -OCH3 is 2. The van der Waals surface area contributed by atoms with Crippen molar-refractivity contribution < 1.29 is 32.6 Å². The van der Waals surface area contributed by atoms with E-state index in [9.17, 15) is 18.4 Å². The van der Waals surface area contributed by atoms with Gasteiger partial charge in [0.25, 0.3) is 5.91 Å². The van der Waals surface area contributed by atoms with Crippen LogP contribution in [0.25, 0.3) is 10.6 Å². The highest BCUT2D eigenvalue weighted by atomic mass is 32.1. The molecular weight excluding hydrogens is 642 g/mol. The Kier molecular flexibility index (Phi) is 10.6. The van der Waals surface area contributed by atoms with E-state index in [1.807, 2.05) is 25.2 Å². The summed E-state index contributed by atoms with van der Waals surface area (Å²) in [4.78, 5) is 30.6. The molecule has 1 saturated carbocycles. The molecule has 0 radical (unpaired) electrons. The van der Waals surface area contributed by atoms with Gasteiger partial charge < -0.3 is 24.8 Å². The zero-order chi connectivity index (χ0) is 34.6. The van der Waals surface area contributed by atoms with E-state index in [-0.39, 0.29) is 21.6 Å². The Bertz CT molecular complexity index is 1760. The molecule has 4 aromatic rings. The van der Waals surface area contributed by atoms with Crippen LogP contribution >= 0.6 is 11.3 Å². The SMILES string of the molecule is COc1ccc(CNC2CCC(c3c(NC(=O)c4nc(-c5c(F)cccc5F)sc4NC(=O)OC(C)(C)C)cnn3C)CC2)c(OC)c1. The van der Waals surface area contributed by atoms with Crippen LogP contribution in [0.1, 0.15) is 74.1 Å². The van der Waals surface area contributed by atoms with Crippen molar-refractivity contribution in [2.24, 2.45) is 7.05 Å². The molecule has 2 aromatic carbocycles. The normalized spacial score (nSPS) is 16.3. The monoisotopic (exact) mass is 682 g/mol. The largest absolute Gasteiger partial charge is 0.497 e. The Balaban J connectivity index is 1.30. The van der Waals surface area contributed by atoms with Crippen LogP contribution in [0.15, 0.2) is 42.6 Å². The topological polar surface area (TPSA) is 129 Å². The van der Waals surface area contributed by atoms with E-state index in [0.717, 1.165) is 71.9 Å². The first kappa shape index (κ1) is 34.8. The summed E-state index contributed by atoms with van der Waals surface area (Å²) < 4.78 is 47.3. The van der Waals surface area contributed by atoms with E-state index in [0.29, 0.717) is 18.3 Å². The van der Waals surface area contributed by atoms with E-state index < -0.39 is 34.8 Å². The summed E-state index contributed by atoms with van der Waals surface area (Å²) in [6, 6.07) is 9.51. The van der Waals surface area contributed by atoms with Gasteiger partial charge in [-0.2, -0.15) is 5.10 Å². The predicted molar refractivity (Wildman–Crippen MR) is 180 cm³/mol. The van der Waals surface area contributed by atoms with Crippen molar-refractivity contribution in [3.05, 3.63) is 71.2 Å². The highest BCUT2D eigenvalue weighted by Gasteiger charge is 2.30. The second-order valence-corrected chi connectivity index (χ2v) is 13.5. The van der Waals surface area contributed by atoms with Crippen molar-refractivity contribution in [3.8, 4) is 22.1 Å². The average Bonchev–Trinajstić information content (AvgIpc) is 3.61. The second-order valence-electron chi connectivity index (χ2n) is 12.5. The van der Waals surface area contributed by atoms with Crippen LogP contribution in [0.2, 0.25) is 0 Å². The molecule has 0 saturated heterocycles. The smallest absolute Gasteiger partial charge is 0.412 e. The summed E-state index contributed by atoms with van der Waals surface area (Å²) in [6.45, 7) is 5.73. The maximum atomic E-state index is 14.7. The first-order chi connectivity index (χ1) is 22.9. The number of halogens is 2. The van der Waals surface area contributed by atoms with Gasteiger partial charge in [-0.3, -0.25) is 14.8 Å². The Morgan fingerprint density at radius 1 is 1.02 bits per heavy atom. The quantitative estimate of drug-likeness (QED) is 0.160. The number of benzene rings is 2. The van der Waals surface area contributed by atoms with Crippen LogP contribution in [0.3, 0.4) is 0 Å². The number of amides is 2. The summed E-state index contributed by atoms with van der Waals surface area (Å²) in [5.74, 6) is -0.733. The number of ether oxygens (including phenoxy) is 3. The minimum Gasteiger partial charge on any atom is -0.497 e. The summed E-state index contributed by atoms with van der Waals surface area (Å²) in [7, 11) is 5.09. The van der Waals surface area contributed by atoms with Crippen LogP contribution in [-0.2, 0) is 18.3 Å². The van der Waals surface area contributed by atoms with Crippen molar-refractivity contribution >= 4 is 34.0 Å². The fourth-order valence-electron chi connectivity index (χ4n) is 5.80. The Labute approximate surface area is 282 Å². The Hall–Kier alpha value is -4.56. The van der Waals surface area contributed by atoms with Crippen molar-refractivity contribution in [1.29, 1.82) is 0 Å². The number of nitrogens with zero attached hydrogens (tertiary/aromatic N) is 3. The summed E-state index contributed by atoms with van der Waals surface area (Å²) >= 11 is 0.773. The first-order valence-electron chi connectivity index (χ1n) is 15.6. The number of hydrogen-bond donors (Lipinski definition) is 3. The summed E-state index contributed by atoms with van der Waals surface area (Å²) in [5, 5.41) is 13.4. The van der Waals surface area contributed by atoms with Crippen LogP contribution < -0.4 is 25.4 Å². The molecule has 14 heteroatoms. The molecule has 11 nitrogen and oxygen atoms in total. The molecule has 1 aliphatic carbocycles. The predicted octanol–water partition coefficient (Wildman–Crippen LogP) is 7.25. The molecule has 2 heterocycles. The lowest BCUT2D eigenvalue weighted by Gasteiger charge is -2.30. The van der Waals surface area contributed by atoms with E-state index in [4.69, 9.17) is 14.2 Å². The maximum absolute atomic E-state index is 14.7.